The van der Waals surface area contributed by atoms with Crippen molar-refractivity contribution in [2.45, 2.75) is 18.9 Å². The summed E-state index contributed by atoms with van der Waals surface area (Å²) in [5.74, 6) is 0.0332. The Hall–Kier alpha value is -1.47. The summed E-state index contributed by atoms with van der Waals surface area (Å²) in [6.45, 7) is 0.464. The molecule has 2 aromatic heterocycles. The van der Waals surface area contributed by atoms with Crippen LogP contribution in [0.2, 0.25) is 0 Å². The number of rotatable bonds is 1. The minimum atomic E-state index is -0.0730. The Morgan fingerprint density at radius 2 is 2.28 bits per heavy atom. The number of aromatic amines is 1. The first-order valence-corrected chi connectivity index (χ1v) is 6.94. The number of hydrogen-bond acceptors (Lipinski definition) is 4. The van der Waals surface area contributed by atoms with Crippen molar-refractivity contribution < 1.29 is 4.79 Å². The van der Waals surface area contributed by atoms with E-state index in [9.17, 15) is 9.59 Å². The third-order valence-electron chi connectivity index (χ3n) is 3.16. The van der Waals surface area contributed by atoms with Crippen LogP contribution in [0.15, 0.2) is 16.2 Å². The van der Waals surface area contributed by atoms with E-state index in [0.29, 0.717) is 29.5 Å². The van der Waals surface area contributed by atoms with Crippen LogP contribution >= 0.6 is 23.6 Å². The molecule has 0 saturated carbocycles. The molecule has 1 saturated heterocycles. The molecular formula is C11H11N3O2S2. The van der Waals surface area contributed by atoms with Gasteiger partial charge in [-0.3, -0.25) is 14.2 Å². The SMILES string of the molecule is O=C1CCC(n2c(=S)[nH]c3sccc3c2=O)CN1. The molecule has 2 N–H and O–H groups in total. The maximum Gasteiger partial charge on any atom is 0.263 e. The van der Waals surface area contributed by atoms with Gasteiger partial charge in [-0.05, 0) is 30.1 Å². The lowest BCUT2D eigenvalue weighted by Gasteiger charge is -2.24. The molecule has 1 atom stereocenters. The predicted octanol–water partition coefficient (Wildman–Crippen LogP) is 1.57. The van der Waals surface area contributed by atoms with Gasteiger partial charge in [-0.2, -0.15) is 0 Å². The Morgan fingerprint density at radius 1 is 1.44 bits per heavy atom. The van der Waals surface area contributed by atoms with Crippen LogP contribution in [-0.4, -0.2) is 22.0 Å². The van der Waals surface area contributed by atoms with Gasteiger partial charge in [-0.1, -0.05) is 0 Å². The zero-order valence-corrected chi connectivity index (χ0v) is 11.1. The van der Waals surface area contributed by atoms with Crippen LogP contribution in [0.1, 0.15) is 18.9 Å². The number of amides is 1. The smallest absolute Gasteiger partial charge is 0.263 e. The lowest BCUT2D eigenvalue weighted by Crippen LogP contribution is -2.40. The summed E-state index contributed by atoms with van der Waals surface area (Å²) >= 11 is 6.71. The van der Waals surface area contributed by atoms with Gasteiger partial charge >= 0.3 is 0 Å². The molecule has 94 valence electrons. The normalized spacial score (nSPS) is 20.0. The van der Waals surface area contributed by atoms with Crippen molar-refractivity contribution in [1.29, 1.82) is 0 Å². The first kappa shape index (κ1) is 11.6. The van der Waals surface area contributed by atoms with E-state index in [1.165, 1.54) is 11.3 Å². The van der Waals surface area contributed by atoms with Gasteiger partial charge in [0, 0.05) is 13.0 Å². The van der Waals surface area contributed by atoms with Crippen LogP contribution in [-0.2, 0) is 4.79 Å². The maximum atomic E-state index is 12.4. The molecule has 1 amide bonds. The number of thiophene rings is 1. The summed E-state index contributed by atoms with van der Waals surface area (Å²) < 4.78 is 2.01. The van der Waals surface area contributed by atoms with Crippen LogP contribution in [0.25, 0.3) is 10.2 Å². The van der Waals surface area contributed by atoms with Gasteiger partial charge in [-0.15, -0.1) is 11.3 Å². The fourth-order valence-electron chi connectivity index (χ4n) is 2.23. The number of carbonyl (C=O) groups is 1. The van der Waals surface area contributed by atoms with Gasteiger partial charge in [0.2, 0.25) is 5.91 Å². The molecule has 3 heterocycles. The number of aromatic nitrogens is 2. The van der Waals surface area contributed by atoms with Crippen molar-refractivity contribution in [1.82, 2.24) is 14.9 Å². The molecule has 18 heavy (non-hydrogen) atoms. The number of fused-ring (bicyclic) bond motifs is 1. The molecule has 1 aliphatic rings. The molecule has 0 aromatic carbocycles. The van der Waals surface area contributed by atoms with Crippen molar-refractivity contribution in [2.75, 3.05) is 6.54 Å². The largest absolute Gasteiger partial charge is 0.354 e. The van der Waals surface area contributed by atoms with Gasteiger partial charge in [0.05, 0.1) is 11.4 Å². The standard InChI is InChI=1S/C11H11N3O2S2/c15-8-2-1-6(5-12-8)14-10(16)7-3-4-18-9(7)13-11(14)17/h3-4,6H,1-2,5H2,(H,12,15)(H,13,17). The second-order valence-electron chi connectivity index (χ2n) is 4.27. The van der Waals surface area contributed by atoms with E-state index in [-0.39, 0.29) is 17.5 Å². The van der Waals surface area contributed by atoms with Crippen LogP contribution in [0.3, 0.4) is 0 Å². The second-order valence-corrected chi connectivity index (χ2v) is 5.57. The molecule has 7 heteroatoms. The van der Waals surface area contributed by atoms with E-state index >= 15 is 0 Å². The highest BCUT2D eigenvalue weighted by molar-refractivity contribution is 7.71. The highest BCUT2D eigenvalue weighted by Gasteiger charge is 2.22. The third kappa shape index (κ3) is 1.79. The predicted molar refractivity (Wildman–Crippen MR) is 72.6 cm³/mol. The molecular weight excluding hydrogens is 270 g/mol. The number of piperidine rings is 1. The number of nitrogens with zero attached hydrogens (tertiary/aromatic N) is 1. The van der Waals surface area contributed by atoms with Crippen LogP contribution in [0.5, 0.6) is 0 Å². The van der Waals surface area contributed by atoms with Crippen LogP contribution in [0.4, 0.5) is 0 Å². The van der Waals surface area contributed by atoms with E-state index in [1.807, 2.05) is 5.38 Å². The highest BCUT2D eigenvalue weighted by atomic mass is 32.1. The molecule has 5 nitrogen and oxygen atoms in total. The van der Waals surface area contributed by atoms with E-state index in [4.69, 9.17) is 12.2 Å². The Kier molecular flexibility index (Phi) is 2.79. The topological polar surface area (TPSA) is 66.9 Å². The molecule has 0 radical (unpaired) electrons. The van der Waals surface area contributed by atoms with E-state index in [0.717, 1.165) is 4.83 Å². The summed E-state index contributed by atoms with van der Waals surface area (Å²) in [4.78, 5) is 27.4. The fraction of sp³-hybridized carbons (Fsp3) is 0.364. The molecule has 3 rings (SSSR count). The zero-order chi connectivity index (χ0) is 12.7. The van der Waals surface area contributed by atoms with Crippen molar-refractivity contribution in [3.8, 4) is 0 Å². The second kappa shape index (κ2) is 4.33. The zero-order valence-electron chi connectivity index (χ0n) is 9.43. The fourth-order valence-corrected chi connectivity index (χ4v) is 3.40. The number of nitrogens with one attached hydrogen (secondary N) is 2. The van der Waals surface area contributed by atoms with Gasteiger partial charge in [0.15, 0.2) is 4.77 Å². The summed E-state index contributed by atoms with van der Waals surface area (Å²) in [6, 6.07) is 1.74. The van der Waals surface area contributed by atoms with Gasteiger partial charge in [-0.25, -0.2) is 0 Å². The highest BCUT2D eigenvalue weighted by Crippen LogP contribution is 2.19. The first-order chi connectivity index (χ1) is 8.66. The summed E-state index contributed by atoms with van der Waals surface area (Å²) in [7, 11) is 0. The number of H-pyrrole nitrogens is 1. The maximum absolute atomic E-state index is 12.4. The van der Waals surface area contributed by atoms with E-state index in [1.54, 1.807) is 10.6 Å². The van der Waals surface area contributed by atoms with E-state index in [2.05, 4.69) is 10.3 Å². The Labute approximate surface area is 111 Å². The molecule has 1 aliphatic heterocycles. The molecule has 1 fully saturated rings. The molecule has 2 aromatic rings. The molecule has 0 bridgehead atoms. The summed E-state index contributed by atoms with van der Waals surface area (Å²) in [6.07, 6.45) is 1.09. The van der Waals surface area contributed by atoms with Crippen molar-refractivity contribution in [2.24, 2.45) is 0 Å². The number of carbonyl (C=O) groups excluding carboxylic acids is 1. The van der Waals surface area contributed by atoms with Crippen molar-refractivity contribution in [3.05, 3.63) is 26.6 Å². The molecule has 0 aliphatic carbocycles. The minimum Gasteiger partial charge on any atom is -0.354 e. The van der Waals surface area contributed by atoms with Gasteiger partial charge < -0.3 is 10.3 Å². The lowest BCUT2D eigenvalue weighted by atomic mass is 10.1. The lowest BCUT2D eigenvalue weighted by molar-refractivity contribution is -0.122. The van der Waals surface area contributed by atoms with Crippen molar-refractivity contribution in [3.63, 3.8) is 0 Å². The first-order valence-electron chi connectivity index (χ1n) is 5.65. The Morgan fingerprint density at radius 3 is 3.00 bits per heavy atom. The third-order valence-corrected chi connectivity index (χ3v) is 4.29. The summed E-state index contributed by atoms with van der Waals surface area (Å²) in [5, 5.41) is 5.29. The van der Waals surface area contributed by atoms with Crippen molar-refractivity contribution >= 4 is 39.7 Å². The average Bonchev–Trinajstić information content (AvgIpc) is 2.80. The Balaban J connectivity index is 2.14. The van der Waals surface area contributed by atoms with Crippen LogP contribution in [0, 0.1) is 4.77 Å². The number of hydrogen-bond donors (Lipinski definition) is 2. The monoisotopic (exact) mass is 281 g/mol. The molecule has 0 spiro atoms. The van der Waals surface area contributed by atoms with E-state index < -0.39 is 0 Å². The van der Waals surface area contributed by atoms with Crippen LogP contribution < -0.4 is 10.9 Å². The van der Waals surface area contributed by atoms with Gasteiger partial charge in [0.1, 0.15) is 4.83 Å². The Bertz CT molecular complexity index is 718. The molecule has 1 unspecified atom stereocenters. The quantitative estimate of drug-likeness (QED) is 0.780. The van der Waals surface area contributed by atoms with Gasteiger partial charge in [0.25, 0.3) is 5.56 Å². The average molecular weight is 281 g/mol. The summed E-state index contributed by atoms with van der Waals surface area (Å²) in [5.41, 5.74) is -0.0730. The minimum absolute atomic E-state index is 0.0332.